The summed E-state index contributed by atoms with van der Waals surface area (Å²) in [5, 5.41) is 3.80. The van der Waals surface area contributed by atoms with Crippen LogP contribution in [-0.2, 0) is 11.3 Å². The average Bonchev–Trinajstić information content (AvgIpc) is 3.32. The van der Waals surface area contributed by atoms with Crippen LogP contribution in [-0.4, -0.2) is 40.7 Å². The normalized spacial score (nSPS) is 10.9. The van der Waals surface area contributed by atoms with E-state index < -0.39 is 0 Å². The van der Waals surface area contributed by atoms with Crippen LogP contribution in [0.15, 0.2) is 71.1 Å². The third kappa shape index (κ3) is 4.63. The number of rotatable bonds is 7. The first kappa shape index (κ1) is 20.4. The summed E-state index contributed by atoms with van der Waals surface area (Å²) >= 11 is 3.06. The highest BCUT2D eigenvalue weighted by Gasteiger charge is 2.15. The summed E-state index contributed by atoms with van der Waals surface area (Å²) < 4.78 is 5.26. The molecular formula is C23H21N3O2S2. The van der Waals surface area contributed by atoms with Gasteiger partial charge in [-0.1, -0.05) is 48.2 Å². The van der Waals surface area contributed by atoms with Gasteiger partial charge in [-0.15, -0.1) is 11.3 Å². The topological polar surface area (TPSA) is 55.3 Å². The minimum Gasteiger partial charge on any atom is -0.497 e. The van der Waals surface area contributed by atoms with Gasteiger partial charge in [-0.05, 0) is 35.2 Å². The molecule has 0 saturated heterocycles. The number of carbonyl (C=O) groups is 1. The summed E-state index contributed by atoms with van der Waals surface area (Å²) in [5.41, 5.74) is 1.92. The lowest BCUT2D eigenvalue weighted by Crippen LogP contribution is -2.27. The van der Waals surface area contributed by atoms with Gasteiger partial charge in [0.2, 0.25) is 5.91 Å². The van der Waals surface area contributed by atoms with Crippen LogP contribution in [0.4, 0.5) is 0 Å². The molecule has 0 N–H and O–H groups in total. The Balaban J connectivity index is 1.50. The van der Waals surface area contributed by atoms with Crippen molar-refractivity contribution in [2.45, 2.75) is 11.6 Å². The molecular weight excluding hydrogens is 414 g/mol. The van der Waals surface area contributed by atoms with Gasteiger partial charge in [0.1, 0.15) is 10.8 Å². The number of methoxy groups -OCH3 is 1. The largest absolute Gasteiger partial charge is 0.497 e. The molecule has 0 aliphatic carbocycles. The van der Waals surface area contributed by atoms with E-state index in [1.165, 1.54) is 11.8 Å². The van der Waals surface area contributed by atoms with Gasteiger partial charge in [0.05, 0.1) is 23.3 Å². The van der Waals surface area contributed by atoms with E-state index in [1.54, 1.807) is 23.3 Å². The number of aromatic nitrogens is 2. The van der Waals surface area contributed by atoms with Crippen molar-refractivity contribution < 1.29 is 9.53 Å². The number of benzene rings is 2. The van der Waals surface area contributed by atoms with Crippen LogP contribution < -0.4 is 4.74 Å². The maximum atomic E-state index is 12.8. The molecule has 4 rings (SSSR count). The zero-order valence-electron chi connectivity index (χ0n) is 16.7. The number of ether oxygens (including phenoxy) is 1. The van der Waals surface area contributed by atoms with Crippen molar-refractivity contribution in [3.8, 4) is 16.5 Å². The fourth-order valence-corrected chi connectivity index (χ4v) is 4.66. The first-order valence-electron chi connectivity index (χ1n) is 9.44. The molecule has 30 heavy (non-hydrogen) atoms. The second-order valence-corrected chi connectivity index (χ2v) is 8.65. The van der Waals surface area contributed by atoms with Gasteiger partial charge in [-0.3, -0.25) is 4.79 Å². The average molecular weight is 436 g/mol. The van der Waals surface area contributed by atoms with E-state index in [0.717, 1.165) is 32.1 Å². The summed E-state index contributed by atoms with van der Waals surface area (Å²) in [5.74, 6) is 1.84. The molecule has 0 atom stereocenters. The van der Waals surface area contributed by atoms with Gasteiger partial charge in [0.15, 0.2) is 5.82 Å². The predicted molar refractivity (Wildman–Crippen MR) is 123 cm³/mol. The molecule has 0 unspecified atom stereocenters. The lowest BCUT2D eigenvalue weighted by molar-refractivity contribution is -0.127. The smallest absolute Gasteiger partial charge is 0.233 e. The summed E-state index contributed by atoms with van der Waals surface area (Å²) in [6, 6.07) is 19.7. The molecule has 152 valence electrons. The molecule has 0 aliphatic rings. The minimum atomic E-state index is 0.0446. The maximum absolute atomic E-state index is 12.8. The third-order valence-corrected chi connectivity index (χ3v) is 6.46. The summed E-state index contributed by atoms with van der Waals surface area (Å²) in [7, 11) is 3.46. The monoisotopic (exact) mass is 435 g/mol. The Morgan fingerprint density at radius 2 is 1.97 bits per heavy atom. The van der Waals surface area contributed by atoms with Crippen LogP contribution in [0, 0.1) is 0 Å². The van der Waals surface area contributed by atoms with Crippen LogP contribution in [0.2, 0.25) is 0 Å². The summed E-state index contributed by atoms with van der Waals surface area (Å²) in [4.78, 5) is 25.0. The molecule has 2 aromatic carbocycles. The molecule has 0 aliphatic heterocycles. The Morgan fingerprint density at radius 3 is 2.77 bits per heavy atom. The van der Waals surface area contributed by atoms with E-state index in [2.05, 4.69) is 0 Å². The number of hydrogen-bond donors (Lipinski definition) is 0. The highest BCUT2D eigenvalue weighted by Crippen LogP contribution is 2.30. The second kappa shape index (κ2) is 9.28. The Hall–Kier alpha value is -2.90. The van der Waals surface area contributed by atoms with E-state index in [-0.39, 0.29) is 5.91 Å². The second-order valence-electron chi connectivity index (χ2n) is 6.74. The van der Waals surface area contributed by atoms with Gasteiger partial charge in [0.25, 0.3) is 0 Å². The fourth-order valence-electron chi connectivity index (χ4n) is 3.05. The van der Waals surface area contributed by atoms with E-state index in [1.807, 2.05) is 73.1 Å². The molecule has 2 heterocycles. The Bertz CT molecular complexity index is 1160. The standard InChI is InChI=1S/C23H21N3O2S2/c1-26(14-16-7-5-8-17(13-16)28-2)21(27)15-30-23-18-9-3-4-10-19(18)24-22(25-23)20-11-6-12-29-20/h3-13H,14-15H2,1-2H3. The number of amides is 1. The number of para-hydroxylation sites is 1. The molecule has 0 spiro atoms. The Kier molecular flexibility index (Phi) is 6.30. The van der Waals surface area contributed by atoms with Crippen molar-refractivity contribution in [3.63, 3.8) is 0 Å². The Morgan fingerprint density at radius 1 is 1.10 bits per heavy atom. The number of fused-ring (bicyclic) bond motifs is 1. The lowest BCUT2D eigenvalue weighted by atomic mass is 10.2. The predicted octanol–water partition coefficient (Wildman–Crippen LogP) is 5.12. The van der Waals surface area contributed by atoms with Crippen molar-refractivity contribution >= 4 is 39.9 Å². The number of hydrogen-bond acceptors (Lipinski definition) is 6. The van der Waals surface area contributed by atoms with Crippen molar-refractivity contribution in [1.29, 1.82) is 0 Å². The van der Waals surface area contributed by atoms with Crippen LogP contribution in [0.3, 0.4) is 0 Å². The van der Waals surface area contributed by atoms with Crippen LogP contribution >= 0.6 is 23.1 Å². The molecule has 1 amide bonds. The van der Waals surface area contributed by atoms with Crippen LogP contribution in [0.25, 0.3) is 21.6 Å². The first-order valence-corrected chi connectivity index (χ1v) is 11.3. The van der Waals surface area contributed by atoms with E-state index in [0.29, 0.717) is 18.1 Å². The fraction of sp³-hybridized carbons (Fsp3) is 0.174. The van der Waals surface area contributed by atoms with E-state index in [4.69, 9.17) is 14.7 Å². The van der Waals surface area contributed by atoms with Crippen molar-refractivity contribution in [1.82, 2.24) is 14.9 Å². The molecule has 5 nitrogen and oxygen atoms in total. The molecule has 2 aromatic heterocycles. The number of nitrogens with zero attached hydrogens (tertiary/aromatic N) is 3. The molecule has 0 saturated carbocycles. The molecule has 0 fully saturated rings. The van der Waals surface area contributed by atoms with Crippen molar-refractivity contribution in [3.05, 3.63) is 71.6 Å². The number of thiophene rings is 1. The SMILES string of the molecule is COc1cccc(CN(C)C(=O)CSc2nc(-c3cccs3)nc3ccccc23)c1. The summed E-state index contributed by atoms with van der Waals surface area (Å²) in [6.07, 6.45) is 0. The van der Waals surface area contributed by atoms with Crippen LogP contribution in [0.5, 0.6) is 5.75 Å². The van der Waals surface area contributed by atoms with Crippen molar-refractivity contribution in [2.75, 3.05) is 19.9 Å². The lowest BCUT2D eigenvalue weighted by Gasteiger charge is -2.17. The third-order valence-electron chi connectivity index (χ3n) is 4.62. The molecule has 7 heteroatoms. The minimum absolute atomic E-state index is 0.0446. The van der Waals surface area contributed by atoms with Gasteiger partial charge in [-0.2, -0.15) is 0 Å². The zero-order chi connectivity index (χ0) is 20.9. The van der Waals surface area contributed by atoms with Gasteiger partial charge in [0, 0.05) is 19.0 Å². The van der Waals surface area contributed by atoms with Gasteiger partial charge >= 0.3 is 0 Å². The van der Waals surface area contributed by atoms with Gasteiger partial charge < -0.3 is 9.64 Å². The maximum Gasteiger partial charge on any atom is 0.233 e. The Labute approximate surface area is 183 Å². The number of thioether (sulfide) groups is 1. The van der Waals surface area contributed by atoms with Crippen LogP contribution in [0.1, 0.15) is 5.56 Å². The van der Waals surface area contributed by atoms with E-state index in [9.17, 15) is 4.79 Å². The van der Waals surface area contributed by atoms with Gasteiger partial charge in [-0.25, -0.2) is 9.97 Å². The molecule has 4 aromatic rings. The van der Waals surface area contributed by atoms with Crippen molar-refractivity contribution in [2.24, 2.45) is 0 Å². The molecule has 0 bridgehead atoms. The highest BCUT2D eigenvalue weighted by molar-refractivity contribution is 8.00. The zero-order valence-corrected chi connectivity index (χ0v) is 18.4. The number of carbonyl (C=O) groups excluding carboxylic acids is 1. The molecule has 0 radical (unpaired) electrons. The highest BCUT2D eigenvalue weighted by atomic mass is 32.2. The first-order chi connectivity index (χ1) is 14.6. The quantitative estimate of drug-likeness (QED) is 0.298. The summed E-state index contributed by atoms with van der Waals surface area (Å²) in [6.45, 7) is 0.529. The van der Waals surface area contributed by atoms with E-state index >= 15 is 0 Å².